The molecule has 152 valence electrons. The lowest BCUT2D eigenvalue weighted by Gasteiger charge is -2.14. The highest BCUT2D eigenvalue weighted by Gasteiger charge is 2.27. The summed E-state index contributed by atoms with van der Waals surface area (Å²) in [6.07, 6.45) is 0. The van der Waals surface area contributed by atoms with E-state index in [1.165, 1.54) is 0 Å². The van der Waals surface area contributed by atoms with Crippen molar-refractivity contribution in [2.45, 2.75) is 6.54 Å². The smallest absolute Gasteiger partial charge is 0.255 e. The van der Waals surface area contributed by atoms with Gasteiger partial charge >= 0.3 is 0 Å². The first kappa shape index (κ1) is 19.5. The first-order valence-electron chi connectivity index (χ1n) is 9.57. The van der Waals surface area contributed by atoms with Crippen molar-refractivity contribution >= 4 is 23.2 Å². The number of para-hydroxylation sites is 1. The van der Waals surface area contributed by atoms with Crippen LogP contribution >= 0.6 is 0 Å². The molecule has 0 aliphatic carbocycles. The van der Waals surface area contributed by atoms with Crippen molar-refractivity contribution in [1.29, 1.82) is 0 Å². The van der Waals surface area contributed by atoms with Crippen molar-refractivity contribution in [3.8, 4) is 16.9 Å². The second-order valence-corrected chi connectivity index (χ2v) is 6.90. The van der Waals surface area contributed by atoms with Crippen LogP contribution in [0.5, 0.6) is 5.75 Å². The van der Waals surface area contributed by atoms with Crippen molar-refractivity contribution in [3.05, 3.63) is 77.4 Å². The lowest BCUT2D eigenvalue weighted by Crippen LogP contribution is -2.17. The van der Waals surface area contributed by atoms with E-state index in [0.29, 0.717) is 35.5 Å². The molecule has 7 heteroatoms. The monoisotopic (exact) mass is 403 g/mol. The molecule has 0 atom stereocenters. The average molecular weight is 403 g/mol. The number of carbonyl (C=O) groups is 2. The summed E-state index contributed by atoms with van der Waals surface area (Å²) in [7, 11) is 0. The molecule has 30 heavy (non-hydrogen) atoms. The number of aliphatic hydroxyl groups excluding tert-OH is 1. The van der Waals surface area contributed by atoms with Crippen molar-refractivity contribution in [2.75, 3.05) is 23.8 Å². The fraction of sp³-hybridized carbons (Fsp3) is 0.130. The largest absolute Gasteiger partial charge is 0.507 e. The van der Waals surface area contributed by atoms with Gasteiger partial charge in [0.25, 0.3) is 11.8 Å². The van der Waals surface area contributed by atoms with Crippen LogP contribution in [-0.4, -0.2) is 35.2 Å². The quantitative estimate of drug-likeness (QED) is 0.435. The van der Waals surface area contributed by atoms with E-state index in [0.717, 1.165) is 16.8 Å². The van der Waals surface area contributed by atoms with E-state index in [4.69, 9.17) is 5.11 Å². The van der Waals surface area contributed by atoms with Gasteiger partial charge in [-0.25, -0.2) is 0 Å². The molecule has 5 N–H and O–H groups in total. The zero-order valence-corrected chi connectivity index (χ0v) is 16.1. The molecule has 1 aliphatic rings. The third kappa shape index (κ3) is 3.70. The summed E-state index contributed by atoms with van der Waals surface area (Å²) in [4.78, 5) is 25.2. The SMILES string of the molecule is O=C(Nc1ccc(-c2ccccc2O)c2c1C(=O)NC2)c1ccc(NCCO)cc1. The van der Waals surface area contributed by atoms with Crippen molar-refractivity contribution < 1.29 is 19.8 Å². The highest BCUT2D eigenvalue weighted by molar-refractivity contribution is 6.11. The Morgan fingerprint density at radius 1 is 1.00 bits per heavy atom. The van der Waals surface area contributed by atoms with Gasteiger partial charge < -0.3 is 26.2 Å². The van der Waals surface area contributed by atoms with Crippen LogP contribution in [0.25, 0.3) is 11.1 Å². The van der Waals surface area contributed by atoms with Crippen molar-refractivity contribution in [2.24, 2.45) is 0 Å². The van der Waals surface area contributed by atoms with Crippen LogP contribution < -0.4 is 16.0 Å². The predicted octanol–water partition coefficient (Wildman–Crippen LogP) is 2.96. The molecular formula is C23H21N3O4. The summed E-state index contributed by atoms with van der Waals surface area (Å²) < 4.78 is 0. The van der Waals surface area contributed by atoms with E-state index in [1.54, 1.807) is 54.6 Å². The number of amides is 2. The number of phenols is 1. The molecule has 7 nitrogen and oxygen atoms in total. The van der Waals surface area contributed by atoms with E-state index in [-0.39, 0.29) is 24.2 Å². The number of aromatic hydroxyl groups is 1. The van der Waals surface area contributed by atoms with E-state index in [2.05, 4.69) is 16.0 Å². The van der Waals surface area contributed by atoms with Crippen molar-refractivity contribution in [3.63, 3.8) is 0 Å². The fourth-order valence-electron chi connectivity index (χ4n) is 3.54. The number of aliphatic hydroxyl groups is 1. The van der Waals surface area contributed by atoms with Gasteiger partial charge in [0, 0.05) is 29.9 Å². The number of fused-ring (bicyclic) bond motifs is 1. The summed E-state index contributed by atoms with van der Waals surface area (Å²) in [5.41, 5.74) is 4.20. The number of hydrogen-bond acceptors (Lipinski definition) is 5. The Morgan fingerprint density at radius 2 is 1.77 bits per heavy atom. The van der Waals surface area contributed by atoms with Gasteiger partial charge in [0.15, 0.2) is 0 Å². The Morgan fingerprint density at radius 3 is 2.50 bits per heavy atom. The molecule has 0 unspecified atom stereocenters. The molecule has 4 rings (SSSR count). The Hall–Kier alpha value is -3.84. The van der Waals surface area contributed by atoms with E-state index >= 15 is 0 Å². The number of benzene rings is 3. The zero-order valence-electron chi connectivity index (χ0n) is 16.1. The number of hydrogen-bond donors (Lipinski definition) is 5. The highest BCUT2D eigenvalue weighted by atomic mass is 16.3. The van der Waals surface area contributed by atoms with Crippen molar-refractivity contribution in [1.82, 2.24) is 5.32 Å². The number of carbonyl (C=O) groups excluding carboxylic acids is 2. The van der Waals surface area contributed by atoms with Gasteiger partial charge in [-0.05, 0) is 47.5 Å². The molecule has 0 saturated heterocycles. The fourth-order valence-corrected chi connectivity index (χ4v) is 3.54. The maximum atomic E-state index is 12.7. The Kier molecular flexibility index (Phi) is 5.36. The number of phenolic OH excluding ortho intramolecular Hbond substituents is 1. The lowest BCUT2D eigenvalue weighted by molar-refractivity contribution is 0.0966. The molecule has 0 spiro atoms. The van der Waals surface area contributed by atoms with Gasteiger partial charge in [0.05, 0.1) is 17.9 Å². The summed E-state index contributed by atoms with van der Waals surface area (Å²) in [5, 5.41) is 27.7. The first-order valence-corrected chi connectivity index (χ1v) is 9.57. The molecule has 1 heterocycles. The summed E-state index contributed by atoms with van der Waals surface area (Å²) in [6, 6.07) is 17.3. The predicted molar refractivity (Wildman–Crippen MR) is 115 cm³/mol. The van der Waals surface area contributed by atoms with Gasteiger partial charge in [0.1, 0.15) is 5.75 Å². The number of anilines is 2. The van der Waals surface area contributed by atoms with E-state index in [9.17, 15) is 14.7 Å². The van der Waals surface area contributed by atoms with Crippen LogP contribution in [0.4, 0.5) is 11.4 Å². The summed E-state index contributed by atoms with van der Waals surface area (Å²) in [5.74, 6) is -0.465. The molecule has 0 saturated carbocycles. The van der Waals surface area contributed by atoms with Crippen LogP contribution in [0.15, 0.2) is 60.7 Å². The summed E-state index contributed by atoms with van der Waals surface area (Å²) in [6.45, 7) is 0.773. The topological polar surface area (TPSA) is 111 Å². The zero-order chi connectivity index (χ0) is 21.1. The van der Waals surface area contributed by atoms with Crippen LogP contribution in [0.2, 0.25) is 0 Å². The van der Waals surface area contributed by atoms with Crippen LogP contribution in [0, 0.1) is 0 Å². The molecule has 0 bridgehead atoms. The molecular weight excluding hydrogens is 382 g/mol. The first-order chi connectivity index (χ1) is 14.6. The molecule has 3 aromatic rings. The molecule has 1 aliphatic heterocycles. The second kappa shape index (κ2) is 8.26. The van der Waals surface area contributed by atoms with Crippen LogP contribution in [0.3, 0.4) is 0 Å². The number of nitrogens with one attached hydrogen (secondary N) is 3. The van der Waals surface area contributed by atoms with Crippen LogP contribution in [-0.2, 0) is 6.54 Å². The molecule has 0 fully saturated rings. The maximum absolute atomic E-state index is 12.7. The molecule has 2 amide bonds. The van der Waals surface area contributed by atoms with Gasteiger partial charge in [-0.2, -0.15) is 0 Å². The highest BCUT2D eigenvalue weighted by Crippen LogP contribution is 2.37. The van der Waals surface area contributed by atoms with E-state index in [1.807, 2.05) is 6.07 Å². The molecule has 3 aromatic carbocycles. The van der Waals surface area contributed by atoms with Gasteiger partial charge in [-0.1, -0.05) is 24.3 Å². The van der Waals surface area contributed by atoms with Gasteiger partial charge in [-0.3, -0.25) is 9.59 Å². The normalized spacial score (nSPS) is 12.2. The summed E-state index contributed by atoms with van der Waals surface area (Å²) >= 11 is 0. The Labute approximate surface area is 173 Å². The Balaban J connectivity index is 1.62. The van der Waals surface area contributed by atoms with Gasteiger partial charge in [0.2, 0.25) is 0 Å². The minimum atomic E-state index is -0.332. The maximum Gasteiger partial charge on any atom is 0.255 e. The third-order valence-electron chi connectivity index (χ3n) is 5.00. The standard InChI is InChI=1S/C23H21N3O4/c27-12-11-24-15-7-5-14(6-8-15)22(29)26-19-10-9-16(17-3-1-2-4-20(17)28)18-13-25-23(30)21(18)19/h1-10,24,27-28H,11-13H2,(H,25,30)(H,26,29). The molecule has 0 aromatic heterocycles. The second-order valence-electron chi connectivity index (χ2n) is 6.90. The van der Waals surface area contributed by atoms with Gasteiger partial charge in [-0.15, -0.1) is 0 Å². The average Bonchev–Trinajstić information content (AvgIpc) is 3.15. The van der Waals surface area contributed by atoms with E-state index < -0.39 is 0 Å². The minimum absolute atomic E-state index is 0.0200. The Bertz CT molecular complexity index is 1110. The third-order valence-corrected chi connectivity index (χ3v) is 5.00. The molecule has 0 radical (unpaired) electrons. The number of rotatable bonds is 6. The minimum Gasteiger partial charge on any atom is -0.507 e. The lowest BCUT2D eigenvalue weighted by atomic mass is 9.95. The van der Waals surface area contributed by atoms with Crippen LogP contribution in [0.1, 0.15) is 26.3 Å².